The van der Waals surface area contributed by atoms with Crippen molar-refractivity contribution in [2.75, 3.05) is 22.4 Å². The summed E-state index contributed by atoms with van der Waals surface area (Å²) >= 11 is 11.9. The summed E-state index contributed by atoms with van der Waals surface area (Å²) < 4.78 is 25.3. The number of benzene rings is 2. The Morgan fingerprint density at radius 1 is 1.08 bits per heavy atom. The maximum atomic E-state index is 12.3. The van der Waals surface area contributed by atoms with Gasteiger partial charge in [0.05, 0.1) is 22.7 Å². The van der Waals surface area contributed by atoms with Crippen LogP contribution in [0.25, 0.3) is 0 Å². The molecule has 0 aromatic heterocycles. The van der Waals surface area contributed by atoms with E-state index in [0.717, 1.165) is 21.7 Å². The summed E-state index contributed by atoms with van der Waals surface area (Å²) in [6.45, 7) is 3.44. The molecule has 0 saturated heterocycles. The zero-order valence-corrected chi connectivity index (χ0v) is 16.3. The number of aryl methyl sites for hydroxylation is 2. The van der Waals surface area contributed by atoms with Crippen molar-refractivity contribution in [2.24, 2.45) is 0 Å². The lowest BCUT2D eigenvalue weighted by Gasteiger charge is -2.23. The van der Waals surface area contributed by atoms with Crippen LogP contribution in [0.1, 0.15) is 11.1 Å². The molecular weight excluding hydrogens is 383 g/mol. The third-order valence-electron chi connectivity index (χ3n) is 3.67. The van der Waals surface area contributed by atoms with Gasteiger partial charge in [0.1, 0.15) is 6.54 Å². The summed E-state index contributed by atoms with van der Waals surface area (Å²) in [7, 11) is -3.64. The Hall–Kier alpha value is -1.76. The molecule has 0 saturated carbocycles. The van der Waals surface area contributed by atoms with Gasteiger partial charge in [0.25, 0.3) is 0 Å². The predicted molar refractivity (Wildman–Crippen MR) is 103 cm³/mol. The zero-order chi connectivity index (χ0) is 18.8. The minimum absolute atomic E-state index is 0.315. The highest BCUT2D eigenvalue weighted by Crippen LogP contribution is 2.26. The molecule has 0 fully saturated rings. The van der Waals surface area contributed by atoms with E-state index in [1.165, 1.54) is 6.07 Å². The van der Waals surface area contributed by atoms with E-state index in [1.807, 2.05) is 19.9 Å². The van der Waals surface area contributed by atoms with E-state index in [1.54, 1.807) is 24.3 Å². The molecule has 0 bridgehead atoms. The average molecular weight is 401 g/mol. The van der Waals surface area contributed by atoms with Crippen molar-refractivity contribution in [3.63, 3.8) is 0 Å². The molecule has 2 aromatic carbocycles. The van der Waals surface area contributed by atoms with Gasteiger partial charge in [-0.25, -0.2) is 8.42 Å². The largest absolute Gasteiger partial charge is 0.323 e. The monoisotopic (exact) mass is 400 g/mol. The summed E-state index contributed by atoms with van der Waals surface area (Å²) in [6.07, 6.45) is 1.06. The third kappa shape index (κ3) is 5.11. The van der Waals surface area contributed by atoms with E-state index in [2.05, 4.69) is 5.32 Å². The minimum Gasteiger partial charge on any atom is -0.323 e. The molecule has 2 aromatic rings. The van der Waals surface area contributed by atoms with Gasteiger partial charge in [0.2, 0.25) is 15.9 Å². The van der Waals surface area contributed by atoms with Crippen LogP contribution in [0.3, 0.4) is 0 Å². The summed E-state index contributed by atoms with van der Waals surface area (Å²) in [5.74, 6) is -0.521. The second-order valence-electron chi connectivity index (χ2n) is 5.71. The van der Waals surface area contributed by atoms with Crippen LogP contribution in [0.2, 0.25) is 10.0 Å². The standard InChI is InChI=1S/C17H18Cl2N2O3S/c1-11-4-6-14(8-12(11)2)21(25(3,23)24)10-17(22)20-16-9-13(18)5-7-15(16)19/h4-9H,10H2,1-3H3,(H,20,22). The van der Waals surface area contributed by atoms with Crippen LogP contribution in [0.4, 0.5) is 11.4 Å². The highest BCUT2D eigenvalue weighted by atomic mass is 35.5. The van der Waals surface area contributed by atoms with Crippen LogP contribution in [0.15, 0.2) is 36.4 Å². The van der Waals surface area contributed by atoms with Crippen LogP contribution in [-0.4, -0.2) is 27.1 Å². The smallest absolute Gasteiger partial charge is 0.245 e. The lowest BCUT2D eigenvalue weighted by Crippen LogP contribution is -2.37. The lowest BCUT2D eigenvalue weighted by molar-refractivity contribution is -0.114. The van der Waals surface area contributed by atoms with Gasteiger partial charge in [-0.15, -0.1) is 0 Å². The van der Waals surface area contributed by atoms with Gasteiger partial charge in [0.15, 0.2) is 0 Å². The molecule has 1 N–H and O–H groups in total. The van der Waals surface area contributed by atoms with Gasteiger partial charge in [-0.2, -0.15) is 0 Å². The van der Waals surface area contributed by atoms with E-state index in [9.17, 15) is 13.2 Å². The highest BCUT2D eigenvalue weighted by Gasteiger charge is 2.21. The number of nitrogens with one attached hydrogen (secondary N) is 1. The first-order valence-corrected chi connectivity index (χ1v) is 9.98. The van der Waals surface area contributed by atoms with E-state index < -0.39 is 15.9 Å². The fraction of sp³-hybridized carbons (Fsp3) is 0.235. The molecule has 0 unspecified atom stereocenters. The number of rotatable bonds is 5. The molecule has 134 valence electrons. The number of amides is 1. The predicted octanol–water partition coefficient (Wildman–Crippen LogP) is 4.01. The van der Waals surface area contributed by atoms with Crippen molar-refractivity contribution in [3.05, 3.63) is 57.6 Å². The number of anilines is 2. The molecule has 0 spiro atoms. The molecule has 1 amide bonds. The molecule has 25 heavy (non-hydrogen) atoms. The van der Waals surface area contributed by atoms with Gasteiger partial charge in [-0.05, 0) is 55.3 Å². The van der Waals surface area contributed by atoms with E-state index in [-0.39, 0.29) is 6.54 Å². The SMILES string of the molecule is Cc1ccc(N(CC(=O)Nc2cc(Cl)ccc2Cl)S(C)(=O)=O)cc1C. The van der Waals surface area contributed by atoms with Crippen molar-refractivity contribution in [1.82, 2.24) is 0 Å². The number of carbonyl (C=O) groups excluding carboxylic acids is 1. The van der Waals surface area contributed by atoms with Crippen molar-refractivity contribution >= 4 is 50.5 Å². The number of hydrogen-bond acceptors (Lipinski definition) is 3. The molecule has 8 heteroatoms. The fourth-order valence-electron chi connectivity index (χ4n) is 2.19. The second kappa shape index (κ2) is 7.64. The maximum Gasteiger partial charge on any atom is 0.245 e. The second-order valence-corrected chi connectivity index (χ2v) is 8.46. The van der Waals surface area contributed by atoms with Crippen molar-refractivity contribution in [2.45, 2.75) is 13.8 Å². The molecule has 5 nitrogen and oxygen atoms in total. The quantitative estimate of drug-likeness (QED) is 0.823. The summed E-state index contributed by atoms with van der Waals surface area (Å²) in [6, 6.07) is 9.87. The van der Waals surface area contributed by atoms with E-state index >= 15 is 0 Å². The molecule has 2 rings (SSSR count). The Labute approximate surface area is 157 Å². The van der Waals surface area contributed by atoms with Crippen molar-refractivity contribution < 1.29 is 13.2 Å². The van der Waals surface area contributed by atoms with E-state index in [0.29, 0.717) is 21.4 Å². The lowest BCUT2D eigenvalue weighted by atomic mass is 10.1. The number of sulfonamides is 1. The highest BCUT2D eigenvalue weighted by molar-refractivity contribution is 7.92. The van der Waals surface area contributed by atoms with Gasteiger partial charge < -0.3 is 5.32 Å². The Balaban J connectivity index is 2.27. The molecule has 0 atom stereocenters. The summed E-state index contributed by atoms with van der Waals surface area (Å²) in [5, 5.41) is 3.31. The molecule has 0 aliphatic heterocycles. The maximum absolute atomic E-state index is 12.3. The van der Waals surface area contributed by atoms with Gasteiger partial charge in [0, 0.05) is 5.02 Å². The molecule has 0 aliphatic carbocycles. The Kier molecular flexibility index (Phi) is 5.98. The topological polar surface area (TPSA) is 66.5 Å². The first kappa shape index (κ1) is 19.6. The van der Waals surface area contributed by atoms with E-state index in [4.69, 9.17) is 23.2 Å². The Bertz CT molecular complexity index is 914. The molecule has 0 radical (unpaired) electrons. The average Bonchev–Trinajstić information content (AvgIpc) is 2.50. The minimum atomic E-state index is -3.64. The van der Waals surface area contributed by atoms with Crippen LogP contribution >= 0.6 is 23.2 Å². The van der Waals surface area contributed by atoms with Gasteiger partial charge in [-0.1, -0.05) is 29.3 Å². The fourth-order valence-corrected chi connectivity index (χ4v) is 3.38. The zero-order valence-electron chi connectivity index (χ0n) is 14.0. The summed E-state index contributed by atoms with van der Waals surface area (Å²) in [5.41, 5.74) is 2.72. The number of nitrogens with zero attached hydrogens (tertiary/aromatic N) is 1. The van der Waals surface area contributed by atoms with Gasteiger partial charge in [-0.3, -0.25) is 9.10 Å². The molecule has 0 heterocycles. The first-order valence-electron chi connectivity index (χ1n) is 7.38. The normalized spacial score (nSPS) is 11.2. The van der Waals surface area contributed by atoms with Crippen LogP contribution in [-0.2, 0) is 14.8 Å². The number of hydrogen-bond donors (Lipinski definition) is 1. The summed E-state index contributed by atoms with van der Waals surface area (Å²) in [4.78, 5) is 12.3. The van der Waals surface area contributed by atoms with Crippen molar-refractivity contribution in [1.29, 1.82) is 0 Å². The molecule has 0 aliphatic rings. The van der Waals surface area contributed by atoms with Crippen LogP contribution in [0.5, 0.6) is 0 Å². The number of halogens is 2. The molecular formula is C17H18Cl2N2O3S. The van der Waals surface area contributed by atoms with Crippen LogP contribution < -0.4 is 9.62 Å². The van der Waals surface area contributed by atoms with Crippen molar-refractivity contribution in [3.8, 4) is 0 Å². The van der Waals surface area contributed by atoms with Crippen LogP contribution in [0, 0.1) is 13.8 Å². The Morgan fingerprint density at radius 2 is 1.76 bits per heavy atom. The first-order chi connectivity index (χ1) is 11.6. The number of carbonyl (C=O) groups is 1. The Morgan fingerprint density at radius 3 is 2.36 bits per heavy atom. The van der Waals surface area contributed by atoms with Gasteiger partial charge >= 0.3 is 0 Å². The third-order valence-corrected chi connectivity index (χ3v) is 5.37.